The molecule has 0 bridgehead atoms. The largest absolute Gasteiger partial charge is 0.443 e. The van der Waals surface area contributed by atoms with Crippen LogP contribution in [-0.2, 0) is 9.53 Å². The van der Waals surface area contributed by atoms with E-state index >= 15 is 0 Å². The maximum Gasteiger partial charge on any atom is 0.349 e. The molecule has 4 rings (SSSR count). The Morgan fingerprint density at radius 1 is 1.14 bits per heavy atom. The average Bonchev–Trinajstić information content (AvgIpc) is 3.40. The molecule has 2 aromatic carbocycles. The number of nitrogens with zero attached hydrogens (tertiary/aromatic N) is 1. The summed E-state index contributed by atoms with van der Waals surface area (Å²) in [6.07, 6.45) is 0.806. The van der Waals surface area contributed by atoms with Crippen LogP contribution in [0.2, 0.25) is 0 Å². The lowest BCUT2D eigenvalue weighted by Crippen LogP contribution is -2.33. The third-order valence-electron chi connectivity index (χ3n) is 4.40. The molecular formula is C20H16N2O5S. The minimum atomic E-state index is -1.05. The smallest absolute Gasteiger partial charge is 0.349 e. The van der Waals surface area contributed by atoms with E-state index in [1.165, 1.54) is 23.5 Å². The zero-order valence-corrected chi connectivity index (χ0v) is 15.5. The Kier molecular flexibility index (Phi) is 4.79. The standard InChI is InChI=1S/C20H16N2O5S/c23-19(21-14-6-7-14)18(12-4-2-1-3-5-12)27-20(24)17-11-13-10-15(22(25)26)8-9-16(13)28-17/h1-5,8-11,14,18H,6-7H2,(H,21,23)/t18-/m1/s1. The van der Waals surface area contributed by atoms with E-state index in [-0.39, 0.29) is 22.5 Å². The van der Waals surface area contributed by atoms with Crippen molar-refractivity contribution >= 4 is 39.0 Å². The Hall–Kier alpha value is -3.26. The van der Waals surface area contributed by atoms with Gasteiger partial charge in [-0.05, 0) is 25.0 Å². The minimum absolute atomic E-state index is 0.0452. The van der Waals surface area contributed by atoms with Crippen LogP contribution in [0.4, 0.5) is 5.69 Å². The zero-order chi connectivity index (χ0) is 19.7. The lowest BCUT2D eigenvalue weighted by molar-refractivity contribution is -0.384. The van der Waals surface area contributed by atoms with Crippen LogP contribution in [-0.4, -0.2) is 22.8 Å². The topological polar surface area (TPSA) is 98.5 Å². The van der Waals surface area contributed by atoms with Crippen LogP contribution in [0, 0.1) is 10.1 Å². The third kappa shape index (κ3) is 3.86. The van der Waals surface area contributed by atoms with E-state index < -0.39 is 17.0 Å². The van der Waals surface area contributed by atoms with Gasteiger partial charge in [0.25, 0.3) is 11.6 Å². The number of hydrogen-bond donors (Lipinski definition) is 1. The molecule has 0 spiro atoms. The Balaban J connectivity index is 1.59. The molecule has 142 valence electrons. The molecule has 0 unspecified atom stereocenters. The summed E-state index contributed by atoms with van der Waals surface area (Å²) in [5.74, 6) is -0.984. The van der Waals surface area contributed by atoms with Crippen molar-refractivity contribution < 1.29 is 19.2 Å². The lowest BCUT2D eigenvalue weighted by atomic mass is 10.1. The van der Waals surface area contributed by atoms with Crippen molar-refractivity contribution in [3.63, 3.8) is 0 Å². The molecule has 7 nitrogen and oxygen atoms in total. The highest BCUT2D eigenvalue weighted by Crippen LogP contribution is 2.31. The number of nitrogens with one attached hydrogen (secondary N) is 1. The van der Waals surface area contributed by atoms with Crippen molar-refractivity contribution in [1.29, 1.82) is 0 Å². The molecule has 1 aliphatic rings. The molecule has 8 heteroatoms. The molecule has 1 saturated carbocycles. The molecule has 1 aliphatic carbocycles. The molecule has 3 aromatic rings. The fourth-order valence-electron chi connectivity index (χ4n) is 2.82. The first kappa shape index (κ1) is 18.1. The number of fused-ring (bicyclic) bond motifs is 1. The van der Waals surface area contributed by atoms with Gasteiger partial charge in [0.2, 0.25) is 6.10 Å². The van der Waals surface area contributed by atoms with Crippen LogP contribution in [0.1, 0.15) is 34.2 Å². The minimum Gasteiger partial charge on any atom is -0.443 e. The summed E-state index contributed by atoms with van der Waals surface area (Å²) in [6, 6.07) is 14.9. The molecule has 1 atom stereocenters. The van der Waals surface area contributed by atoms with Gasteiger partial charge in [0.1, 0.15) is 4.88 Å². The summed E-state index contributed by atoms with van der Waals surface area (Å²) in [6.45, 7) is 0. The molecule has 1 amide bonds. The number of amides is 1. The molecule has 0 radical (unpaired) electrons. The number of rotatable bonds is 6. The number of thiophene rings is 1. The summed E-state index contributed by atoms with van der Waals surface area (Å²) >= 11 is 1.17. The summed E-state index contributed by atoms with van der Waals surface area (Å²) in [7, 11) is 0. The summed E-state index contributed by atoms with van der Waals surface area (Å²) in [5.41, 5.74) is 0.543. The van der Waals surface area contributed by atoms with Crippen LogP contribution in [0.15, 0.2) is 54.6 Å². The fourth-order valence-corrected chi connectivity index (χ4v) is 3.74. The monoisotopic (exact) mass is 396 g/mol. The molecule has 28 heavy (non-hydrogen) atoms. The van der Waals surface area contributed by atoms with E-state index in [0.29, 0.717) is 10.9 Å². The quantitative estimate of drug-likeness (QED) is 0.386. The highest BCUT2D eigenvalue weighted by Gasteiger charge is 2.31. The number of esters is 1. The highest BCUT2D eigenvalue weighted by atomic mass is 32.1. The first-order valence-corrected chi connectivity index (χ1v) is 9.57. The van der Waals surface area contributed by atoms with E-state index in [1.54, 1.807) is 36.4 Å². The first-order chi connectivity index (χ1) is 13.5. The van der Waals surface area contributed by atoms with E-state index in [9.17, 15) is 19.7 Å². The number of hydrogen-bond acceptors (Lipinski definition) is 6. The van der Waals surface area contributed by atoms with Gasteiger partial charge in [-0.15, -0.1) is 11.3 Å². The molecule has 0 aliphatic heterocycles. The normalized spacial score (nSPS) is 14.4. The summed E-state index contributed by atoms with van der Waals surface area (Å²) < 4.78 is 6.28. The molecule has 1 heterocycles. The number of carbonyl (C=O) groups is 2. The SMILES string of the molecule is O=C(O[C@@H](C(=O)NC1CC1)c1ccccc1)c1cc2cc([N+](=O)[O-])ccc2s1. The average molecular weight is 396 g/mol. The van der Waals surface area contributed by atoms with Gasteiger partial charge < -0.3 is 10.1 Å². The van der Waals surface area contributed by atoms with Gasteiger partial charge in [0.15, 0.2) is 0 Å². The van der Waals surface area contributed by atoms with Crippen LogP contribution in [0.3, 0.4) is 0 Å². The van der Waals surface area contributed by atoms with Crippen molar-refractivity contribution in [2.24, 2.45) is 0 Å². The van der Waals surface area contributed by atoms with E-state index in [2.05, 4.69) is 5.32 Å². The van der Waals surface area contributed by atoms with Crippen molar-refractivity contribution in [3.05, 3.63) is 75.2 Å². The van der Waals surface area contributed by atoms with Gasteiger partial charge in [-0.1, -0.05) is 30.3 Å². The van der Waals surface area contributed by atoms with Gasteiger partial charge in [0, 0.05) is 33.8 Å². The number of benzene rings is 2. The van der Waals surface area contributed by atoms with E-state index in [1.807, 2.05) is 6.07 Å². The molecule has 1 N–H and O–H groups in total. The Labute approximate surface area is 164 Å². The van der Waals surface area contributed by atoms with E-state index in [4.69, 9.17) is 4.74 Å². The fraction of sp³-hybridized carbons (Fsp3) is 0.200. The number of carbonyl (C=O) groups excluding carboxylic acids is 2. The maximum atomic E-state index is 12.7. The van der Waals surface area contributed by atoms with E-state index in [0.717, 1.165) is 17.5 Å². The predicted molar refractivity (Wildman–Crippen MR) is 104 cm³/mol. The second-order valence-corrected chi connectivity index (χ2v) is 7.65. The number of nitro groups is 1. The Bertz CT molecular complexity index is 1060. The van der Waals surface area contributed by atoms with Crippen LogP contribution in [0.5, 0.6) is 0 Å². The lowest BCUT2D eigenvalue weighted by Gasteiger charge is -2.17. The molecule has 1 fully saturated rings. The van der Waals surface area contributed by atoms with Gasteiger partial charge >= 0.3 is 5.97 Å². The van der Waals surface area contributed by atoms with Crippen molar-refractivity contribution in [2.45, 2.75) is 25.0 Å². The third-order valence-corrected chi connectivity index (χ3v) is 5.50. The Morgan fingerprint density at radius 2 is 1.89 bits per heavy atom. The van der Waals surface area contributed by atoms with Crippen molar-refractivity contribution in [3.8, 4) is 0 Å². The highest BCUT2D eigenvalue weighted by molar-refractivity contribution is 7.20. The zero-order valence-electron chi connectivity index (χ0n) is 14.7. The number of non-ortho nitro benzene ring substituents is 1. The second-order valence-electron chi connectivity index (χ2n) is 6.57. The van der Waals surface area contributed by atoms with Gasteiger partial charge in [-0.25, -0.2) is 4.79 Å². The van der Waals surface area contributed by atoms with Gasteiger partial charge in [-0.2, -0.15) is 0 Å². The maximum absolute atomic E-state index is 12.7. The van der Waals surface area contributed by atoms with Gasteiger partial charge in [0.05, 0.1) is 4.92 Å². The molecule has 1 aromatic heterocycles. The number of nitro benzene ring substituents is 1. The summed E-state index contributed by atoms with van der Waals surface area (Å²) in [5, 5.41) is 14.4. The predicted octanol–water partition coefficient (Wildman–Crippen LogP) is 3.99. The van der Waals surface area contributed by atoms with Crippen LogP contribution >= 0.6 is 11.3 Å². The second kappa shape index (κ2) is 7.40. The first-order valence-electron chi connectivity index (χ1n) is 8.75. The van der Waals surface area contributed by atoms with Crippen LogP contribution in [0.25, 0.3) is 10.1 Å². The summed E-state index contributed by atoms with van der Waals surface area (Å²) in [4.78, 5) is 36.0. The van der Waals surface area contributed by atoms with Crippen molar-refractivity contribution in [1.82, 2.24) is 5.32 Å². The molecular weight excluding hydrogens is 380 g/mol. The Morgan fingerprint density at radius 3 is 2.57 bits per heavy atom. The van der Waals surface area contributed by atoms with Crippen molar-refractivity contribution in [2.75, 3.05) is 0 Å². The molecule has 0 saturated heterocycles. The van der Waals surface area contributed by atoms with Gasteiger partial charge in [-0.3, -0.25) is 14.9 Å². The number of ether oxygens (including phenoxy) is 1. The van der Waals surface area contributed by atoms with Crippen LogP contribution < -0.4 is 5.32 Å².